The first kappa shape index (κ1) is 22.2. The number of pyridine rings is 1. The highest BCUT2D eigenvalue weighted by Gasteiger charge is 2.29. The number of rotatable bonds is 5. The Kier molecular flexibility index (Phi) is 6.29. The summed E-state index contributed by atoms with van der Waals surface area (Å²) in [5, 5.41) is 8.30. The molecule has 8 heteroatoms. The molecule has 1 atom stereocenters. The van der Waals surface area contributed by atoms with Gasteiger partial charge in [0.2, 0.25) is 0 Å². The Balaban J connectivity index is 1.48. The summed E-state index contributed by atoms with van der Waals surface area (Å²) < 4.78 is 26.5. The van der Waals surface area contributed by atoms with E-state index < -0.39 is 0 Å². The zero-order chi connectivity index (χ0) is 22.9. The van der Waals surface area contributed by atoms with Crippen LogP contribution in [0.25, 0.3) is 22.4 Å². The van der Waals surface area contributed by atoms with Crippen molar-refractivity contribution >= 4 is 16.7 Å². The molecule has 0 saturated carbocycles. The van der Waals surface area contributed by atoms with Gasteiger partial charge >= 0.3 is 0 Å². The second-order valence-electron chi connectivity index (χ2n) is 9.21. The minimum atomic E-state index is -0.207. The number of ether oxygens (including phenoxy) is 1. The van der Waals surface area contributed by atoms with Crippen molar-refractivity contribution in [3.63, 3.8) is 0 Å². The maximum Gasteiger partial charge on any atom is 0.261 e. The van der Waals surface area contributed by atoms with Crippen LogP contribution in [-0.2, 0) is 11.2 Å². The van der Waals surface area contributed by atoms with Crippen molar-refractivity contribution in [2.45, 2.75) is 65.0 Å². The number of halogens is 1. The number of aromatic nitrogens is 3. The molecule has 3 aromatic rings. The van der Waals surface area contributed by atoms with Gasteiger partial charge in [-0.05, 0) is 63.1 Å². The summed E-state index contributed by atoms with van der Waals surface area (Å²) >= 11 is 0. The Morgan fingerprint density at radius 1 is 1.12 bits per heavy atom. The normalized spacial score (nSPS) is 20.0. The average Bonchev–Trinajstić information content (AvgIpc) is 3.26. The van der Waals surface area contributed by atoms with Crippen LogP contribution in [0.5, 0.6) is 0 Å². The Bertz CT molecular complexity index is 1130. The minimum Gasteiger partial charge on any atom is -0.380 e. The van der Waals surface area contributed by atoms with Gasteiger partial charge < -0.3 is 19.5 Å². The van der Waals surface area contributed by atoms with Crippen LogP contribution in [0.2, 0.25) is 0 Å². The predicted octanol–water partition coefficient (Wildman–Crippen LogP) is 4.34. The fourth-order valence-electron chi connectivity index (χ4n) is 5.14. The van der Waals surface area contributed by atoms with E-state index in [0.717, 1.165) is 62.5 Å². The number of nitrogens with one attached hydrogen (secondary N) is 1. The van der Waals surface area contributed by atoms with E-state index in [1.165, 1.54) is 6.42 Å². The number of benzene rings is 1. The first-order valence-corrected chi connectivity index (χ1v) is 12.1. The zero-order valence-corrected chi connectivity index (χ0v) is 19.7. The monoisotopic (exact) mass is 453 g/mol. The molecule has 7 nitrogen and oxygen atoms in total. The molecule has 4 heterocycles. The number of anilines is 1. The van der Waals surface area contributed by atoms with Crippen molar-refractivity contribution in [1.29, 1.82) is 0 Å². The van der Waals surface area contributed by atoms with Crippen LogP contribution in [0, 0.1) is 19.7 Å². The van der Waals surface area contributed by atoms with Gasteiger partial charge in [0.15, 0.2) is 5.82 Å². The Hall–Kier alpha value is -2.58. The number of fused-ring (bicyclic) bond motifs is 1. The zero-order valence-electron chi connectivity index (χ0n) is 19.7. The topological polar surface area (TPSA) is 76.3 Å². The van der Waals surface area contributed by atoms with Crippen molar-refractivity contribution in [2.24, 2.45) is 0 Å². The van der Waals surface area contributed by atoms with Crippen LogP contribution in [-0.4, -0.2) is 53.5 Å². The van der Waals surface area contributed by atoms with Gasteiger partial charge in [-0.3, -0.25) is 0 Å². The Labute approximate surface area is 193 Å². The van der Waals surface area contributed by atoms with Crippen molar-refractivity contribution in [3.8, 4) is 11.5 Å². The van der Waals surface area contributed by atoms with E-state index in [1.54, 1.807) is 6.92 Å². The van der Waals surface area contributed by atoms with Crippen molar-refractivity contribution < 1.29 is 13.7 Å². The predicted molar refractivity (Wildman–Crippen MR) is 126 cm³/mol. The summed E-state index contributed by atoms with van der Waals surface area (Å²) in [6, 6.07) is 4.68. The van der Waals surface area contributed by atoms with Gasteiger partial charge in [-0.25, -0.2) is 9.37 Å². The molecule has 0 aliphatic carbocycles. The van der Waals surface area contributed by atoms with E-state index in [-0.39, 0.29) is 5.82 Å². The number of aryl methyl sites for hydroxylation is 3. The molecule has 0 radical (unpaired) electrons. The van der Waals surface area contributed by atoms with Gasteiger partial charge in [0.25, 0.3) is 5.89 Å². The summed E-state index contributed by atoms with van der Waals surface area (Å²) in [6.07, 6.45) is 4.96. The lowest BCUT2D eigenvalue weighted by Crippen LogP contribution is -2.48. The highest BCUT2D eigenvalue weighted by Crippen LogP contribution is 2.38. The van der Waals surface area contributed by atoms with Crippen LogP contribution >= 0.6 is 0 Å². The second kappa shape index (κ2) is 9.35. The smallest absolute Gasteiger partial charge is 0.261 e. The van der Waals surface area contributed by atoms with E-state index >= 15 is 4.39 Å². The second-order valence-corrected chi connectivity index (χ2v) is 9.21. The first-order valence-electron chi connectivity index (χ1n) is 12.1. The third-order valence-corrected chi connectivity index (χ3v) is 6.95. The van der Waals surface area contributed by atoms with Crippen LogP contribution in [0.3, 0.4) is 0 Å². The van der Waals surface area contributed by atoms with Gasteiger partial charge in [-0.2, -0.15) is 4.98 Å². The van der Waals surface area contributed by atoms with E-state index in [1.807, 2.05) is 26.0 Å². The fourth-order valence-corrected chi connectivity index (χ4v) is 5.14. The van der Waals surface area contributed by atoms with E-state index in [2.05, 4.69) is 20.4 Å². The third-order valence-electron chi connectivity index (χ3n) is 6.95. The maximum absolute atomic E-state index is 15.3. The molecular formula is C25H32FN5O2. The lowest BCUT2D eigenvalue weighted by molar-refractivity contribution is 0.0650. The molecule has 2 aromatic heterocycles. The summed E-state index contributed by atoms with van der Waals surface area (Å²) in [4.78, 5) is 11.7. The van der Waals surface area contributed by atoms with Crippen LogP contribution in [0.15, 0.2) is 16.7 Å². The molecular weight excluding hydrogens is 421 g/mol. The van der Waals surface area contributed by atoms with E-state index in [4.69, 9.17) is 14.2 Å². The molecule has 0 spiro atoms. The van der Waals surface area contributed by atoms with Gasteiger partial charge in [0.05, 0.1) is 17.7 Å². The molecule has 33 heavy (non-hydrogen) atoms. The molecule has 5 rings (SSSR count). The Morgan fingerprint density at radius 3 is 2.61 bits per heavy atom. The lowest BCUT2D eigenvalue weighted by Gasteiger charge is -2.36. The summed E-state index contributed by atoms with van der Waals surface area (Å²) in [5.74, 6) is 1.54. The quantitative estimate of drug-likeness (QED) is 0.616. The number of hydrogen-bond acceptors (Lipinski definition) is 7. The maximum atomic E-state index is 15.3. The minimum absolute atomic E-state index is 0.207. The molecule has 1 N–H and O–H groups in total. The highest BCUT2D eigenvalue weighted by molar-refractivity contribution is 5.93. The molecule has 0 unspecified atom stereocenters. The molecule has 2 aliphatic rings. The molecule has 1 aromatic carbocycles. The van der Waals surface area contributed by atoms with Gasteiger partial charge in [0, 0.05) is 37.2 Å². The highest BCUT2D eigenvalue weighted by atomic mass is 19.1. The molecule has 2 fully saturated rings. The first-order chi connectivity index (χ1) is 16.0. The van der Waals surface area contributed by atoms with Gasteiger partial charge in [-0.1, -0.05) is 18.1 Å². The molecule has 0 amide bonds. The number of nitrogens with zero attached hydrogens (tertiary/aromatic N) is 4. The Morgan fingerprint density at radius 2 is 1.94 bits per heavy atom. The van der Waals surface area contributed by atoms with E-state index in [9.17, 15) is 0 Å². The largest absolute Gasteiger partial charge is 0.380 e. The number of hydrogen-bond donors (Lipinski definition) is 1. The summed E-state index contributed by atoms with van der Waals surface area (Å²) in [6.45, 7) is 9.08. The molecule has 2 saturated heterocycles. The van der Waals surface area contributed by atoms with Crippen molar-refractivity contribution in [2.75, 3.05) is 31.2 Å². The van der Waals surface area contributed by atoms with E-state index in [0.29, 0.717) is 46.7 Å². The van der Waals surface area contributed by atoms with Crippen molar-refractivity contribution in [3.05, 3.63) is 34.9 Å². The van der Waals surface area contributed by atoms with Crippen LogP contribution < -0.4 is 10.2 Å². The third kappa shape index (κ3) is 4.34. The van der Waals surface area contributed by atoms with Crippen LogP contribution in [0.4, 0.5) is 10.2 Å². The van der Waals surface area contributed by atoms with Crippen LogP contribution in [0.1, 0.15) is 49.6 Å². The number of piperidine rings is 1. The summed E-state index contributed by atoms with van der Waals surface area (Å²) in [5.41, 5.74) is 2.89. The standard InChI is InChI=1S/C25H32FN5O2/c1-4-17-7-8-20-21(23(17)26)15(2)22(25-27-16(3)30-33-25)24(29-20)31-11-9-18(10-12-31)28-19-6-5-13-32-14-19/h7-8,18-19,28H,4-6,9-14H2,1-3H3/t19-/m0/s1. The lowest BCUT2D eigenvalue weighted by atomic mass is 9.98. The molecule has 0 bridgehead atoms. The van der Waals surface area contributed by atoms with Gasteiger partial charge in [-0.15, -0.1) is 0 Å². The summed E-state index contributed by atoms with van der Waals surface area (Å²) in [7, 11) is 0. The average molecular weight is 454 g/mol. The molecule has 176 valence electrons. The van der Waals surface area contributed by atoms with Gasteiger partial charge in [0.1, 0.15) is 11.6 Å². The fraction of sp³-hybridized carbons (Fsp3) is 0.560. The van der Waals surface area contributed by atoms with Crippen molar-refractivity contribution in [1.82, 2.24) is 20.4 Å². The molecule has 2 aliphatic heterocycles. The SMILES string of the molecule is CCc1ccc2nc(N3CCC(N[C@H]4CCCOC4)CC3)c(-c3nc(C)no3)c(C)c2c1F.